The van der Waals surface area contributed by atoms with E-state index in [-0.39, 0.29) is 17.0 Å². The summed E-state index contributed by atoms with van der Waals surface area (Å²) < 4.78 is 0. The van der Waals surface area contributed by atoms with Gasteiger partial charge in [-0.25, -0.2) is 0 Å². The third-order valence-corrected chi connectivity index (χ3v) is 6.86. The molecule has 152 valence electrons. The highest BCUT2D eigenvalue weighted by atomic mass is 79.9. The Morgan fingerprint density at radius 1 is 0.889 bits per heavy atom. The van der Waals surface area contributed by atoms with Crippen LogP contribution in [0.5, 0.6) is 0 Å². The molecule has 1 saturated heterocycles. The van der Waals surface area contributed by atoms with Gasteiger partial charge in [0.1, 0.15) is 0 Å². The third-order valence-electron chi connectivity index (χ3n) is 6.86. The topological polar surface area (TPSA) is 6.48 Å². The van der Waals surface area contributed by atoms with Gasteiger partial charge in [0.15, 0.2) is 0 Å². The number of halogens is 1. The molecule has 1 aromatic carbocycles. The highest BCUT2D eigenvalue weighted by molar-refractivity contribution is 8.93. The van der Waals surface area contributed by atoms with Gasteiger partial charge in [0.2, 0.25) is 0 Å². The van der Waals surface area contributed by atoms with E-state index < -0.39 is 0 Å². The smallest absolute Gasteiger partial charge is 0.0402 e. The molecule has 3 fully saturated rings. The van der Waals surface area contributed by atoms with Crippen LogP contribution < -0.4 is 4.90 Å². The van der Waals surface area contributed by atoms with E-state index in [9.17, 15) is 0 Å². The largest absolute Gasteiger partial charge is 0.369 e. The fraction of sp³-hybridized carbons (Fsp3) is 0.750. The Morgan fingerprint density at radius 3 is 2.07 bits per heavy atom. The molecule has 0 amide bonds. The van der Waals surface area contributed by atoms with Crippen molar-refractivity contribution in [3.05, 3.63) is 29.8 Å². The average Bonchev–Trinajstić information content (AvgIpc) is 3.37. The summed E-state index contributed by atoms with van der Waals surface area (Å²) in [6.45, 7) is 16.1. The highest BCUT2D eigenvalue weighted by Gasteiger charge is 2.40. The van der Waals surface area contributed by atoms with Crippen molar-refractivity contribution in [2.45, 2.75) is 65.7 Å². The molecular weight excluding hydrogens is 396 g/mol. The second-order valence-electron chi connectivity index (χ2n) is 10.9. The molecule has 0 bridgehead atoms. The van der Waals surface area contributed by atoms with Crippen molar-refractivity contribution < 1.29 is 0 Å². The summed E-state index contributed by atoms with van der Waals surface area (Å²) in [6.07, 6.45) is 6.94. The molecule has 0 atom stereocenters. The molecule has 2 aliphatic carbocycles. The van der Waals surface area contributed by atoms with Crippen LogP contribution in [-0.2, 0) is 0 Å². The van der Waals surface area contributed by atoms with Crippen LogP contribution in [0.4, 0.5) is 5.69 Å². The Labute approximate surface area is 177 Å². The number of anilines is 1. The lowest BCUT2D eigenvalue weighted by atomic mass is 9.60. The number of benzene rings is 1. The summed E-state index contributed by atoms with van der Waals surface area (Å²) >= 11 is 0. The predicted molar refractivity (Wildman–Crippen MR) is 122 cm³/mol. The lowest BCUT2D eigenvalue weighted by Gasteiger charge is -2.46. The van der Waals surface area contributed by atoms with Gasteiger partial charge in [-0.05, 0) is 66.4 Å². The van der Waals surface area contributed by atoms with Crippen molar-refractivity contribution in [2.75, 3.05) is 37.6 Å². The standard InChI is InChI=1S/C24H38N2.BrH/c1-23(2)15-20(16-24(3,4)18-23)21-7-5-6-8-22(21)26-13-11-25(12-14-26)17-19-9-10-19;/h5-8,19-20H,9-18H2,1-4H3;1H. The lowest BCUT2D eigenvalue weighted by molar-refractivity contribution is 0.0970. The van der Waals surface area contributed by atoms with Gasteiger partial charge in [-0.15, -0.1) is 17.0 Å². The summed E-state index contributed by atoms with van der Waals surface area (Å²) in [6, 6.07) is 9.32. The molecular formula is C24H39BrN2. The van der Waals surface area contributed by atoms with E-state index >= 15 is 0 Å². The fourth-order valence-electron chi connectivity index (χ4n) is 6.02. The second kappa shape index (κ2) is 8.06. The second-order valence-corrected chi connectivity index (χ2v) is 10.9. The number of para-hydroxylation sites is 1. The number of piperazine rings is 1. The molecule has 1 heterocycles. The molecule has 4 rings (SSSR count). The number of rotatable bonds is 4. The minimum absolute atomic E-state index is 0. The van der Waals surface area contributed by atoms with Crippen LogP contribution in [0.3, 0.4) is 0 Å². The van der Waals surface area contributed by atoms with Crippen LogP contribution in [0.1, 0.15) is 71.3 Å². The minimum atomic E-state index is 0. The van der Waals surface area contributed by atoms with E-state index in [1.54, 1.807) is 5.56 Å². The van der Waals surface area contributed by atoms with Crippen molar-refractivity contribution >= 4 is 22.7 Å². The molecule has 1 aromatic rings. The first-order valence-electron chi connectivity index (χ1n) is 10.9. The summed E-state index contributed by atoms with van der Waals surface area (Å²) in [7, 11) is 0. The molecule has 3 aliphatic rings. The maximum atomic E-state index is 2.70. The Kier molecular flexibility index (Phi) is 6.33. The molecule has 0 spiro atoms. The molecule has 27 heavy (non-hydrogen) atoms. The Bertz CT molecular complexity index is 611. The molecule has 0 aromatic heterocycles. The monoisotopic (exact) mass is 434 g/mol. The average molecular weight is 435 g/mol. The normalized spacial score (nSPS) is 25.9. The van der Waals surface area contributed by atoms with Crippen LogP contribution in [0.15, 0.2) is 24.3 Å². The maximum absolute atomic E-state index is 2.70. The maximum Gasteiger partial charge on any atom is 0.0402 e. The predicted octanol–water partition coefficient (Wildman–Crippen LogP) is 6.12. The first kappa shape index (κ1) is 21.2. The Morgan fingerprint density at radius 2 is 1.48 bits per heavy atom. The summed E-state index contributed by atoms with van der Waals surface area (Å²) in [4.78, 5) is 5.37. The van der Waals surface area contributed by atoms with E-state index in [0.717, 1.165) is 5.92 Å². The van der Waals surface area contributed by atoms with Crippen molar-refractivity contribution in [1.82, 2.24) is 4.90 Å². The molecule has 2 saturated carbocycles. The molecule has 2 nitrogen and oxygen atoms in total. The Hall–Kier alpha value is -0.540. The number of hydrogen-bond donors (Lipinski definition) is 0. The summed E-state index contributed by atoms with van der Waals surface area (Å²) in [5, 5.41) is 0. The first-order chi connectivity index (χ1) is 12.3. The van der Waals surface area contributed by atoms with Gasteiger partial charge in [0, 0.05) is 38.4 Å². The number of hydrogen-bond acceptors (Lipinski definition) is 2. The minimum Gasteiger partial charge on any atom is -0.369 e. The van der Waals surface area contributed by atoms with Crippen molar-refractivity contribution in [1.29, 1.82) is 0 Å². The first-order valence-corrected chi connectivity index (χ1v) is 10.9. The SMILES string of the molecule is Br.CC1(C)CC(c2ccccc2N2CCN(CC3CC3)CC2)CC(C)(C)C1. The van der Waals surface area contributed by atoms with Gasteiger partial charge < -0.3 is 4.90 Å². The van der Waals surface area contributed by atoms with Crippen molar-refractivity contribution in [2.24, 2.45) is 16.7 Å². The fourth-order valence-corrected chi connectivity index (χ4v) is 6.02. The van der Waals surface area contributed by atoms with Crippen LogP contribution >= 0.6 is 17.0 Å². The molecule has 0 N–H and O–H groups in total. The van der Waals surface area contributed by atoms with Gasteiger partial charge in [0.05, 0.1) is 0 Å². The number of nitrogens with zero attached hydrogens (tertiary/aromatic N) is 2. The summed E-state index contributed by atoms with van der Waals surface area (Å²) in [5.41, 5.74) is 4.03. The highest BCUT2D eigenvalue weighted by Crippen LogP contribution is 2.53. The van der Waals surface area contributed by atoms with Gasteiger partial charge in [0.25, 0.3) is 0 Å². The zero-order valence-corrected chi connectivity index (χ0v) is 19.6. The van der Waals surface area contributed by atoms with Crippen LogP contribution in [0.25, 0.3) is 0 Å². The van der Waals surface area contributed by atoms with Gasteiger partial charge >= 0.3 is 0 Å². The van der Waals surface area contributed by atoms with Gasteiger partial charge in [-0.2, -0.15) is 0 Å². The Balaban J connectivity index is 0.00000210. The molecule has 0 unspecified atom stereocenters. The van der Waals surface area contributed by atoms with Crippen molar-refractivity contribution in [3.8, 4) is 0 Å². The van der Waals surface area contributed by atoms with E-state index in [1.807, 2.05) is 0 Å². The van der Waals surface area contributed by atoms with E-state index in [2.05, 4.69) is 61.8 Å². The zero-order valence-electron chi connectivity index (χ0n) is 17.8. The van der Waals surface area contributed by atoms with Gasteiger partial charge in [-0.1, -0.05) is 45.9 Å². The zero-order chi connectivity index (χ0) is 18.4. The summed E-state index contributed by atoms with van der Waals surface area (Å²) in [5.74, 6) is 1.72. The quantitative estimate of drug-likeness (QED) is 0.563. The van der Waals surface area contributed by atoms with Gasteiger partial charge in [-0.3, -0.25) is 4.90 Å². The molecule has 3 heteroatoms. The van der Waals surface area contributed by atoms with E-state index in [0.29, 0.717) is 16.7 Å². The van der Waals surface area contributed by atoms with Crippen LogP contribution in [0, 0.1) is 16.7 Å². The third kappa shape index (κ3) is 5.29. The van der Waals surface area contributed by atoms with E-state index in [1.165, 1.54) is 70.5 Å². The lowest BCUT2D eigenvalue weighted by Crippen LogP contribution is -2.47. The van der Waals surface area contributed by atoms with E-state index in [4.69, 9.17) is 0 Å². The molecule has 1 aliphatic heterocycles. The van der Waals surface area contributed by atoms with Crippen LogP contribution in [0.2, 0.25) is 0 Å². The molecule has 0 radical (unpaired) electrons. The van der Waals surface area contributed by atoms with Crippen molar-refractivity contribution in [3.63, 3.8) is 0 Å². The van der Waals surface area contributed by atoms with Crippen LogP contribution in [-0.4, -0.2) is 37.6 Å².